The number of fused-ring (bicyclic) bond motifs is 2. The van der Waals surface area contributed by atoms with E-state index in [1.807, 2.05) is 6.07 Å². The van der Waals surface area contributed by atoms with Crippen LogP contribution in [-0.2, 0) is 0 Å². The predicted octanol–water partition coefficient (Wildman–Crippen LogP) is 7.68. The second kappa shape index (κ2) is 9.70. The number of aromatic nitrogens is 2. The van der Waals surface area contributed by atoms with Crippen molar-refractivity contribution in [2.75, 3.05) is 0 Å². The Morgan fingerprint density at radius 3 is 1.75 bits per heavy atom. The number of hydrogen-bond acceptors (Lipinski definition) is 5. The Morgan fingerprint density at radius 1 is 0.812 bits per heavy atom. The first-order valence-electron chi connectivity index (χ1n) is 8.19. The maximum atomic E-state index is 13.7. The van der Waals surface area contributed by atoms with Gasteiger partial charge in [-0.05, 0) is 44.0 Å². The van der Waals surface area contributed by atoms with Gasteiger partial charge in [0, 0.05) is 23.2 Å². The van der Waals surface area contributed by atoms with Crippen molar-refractivity contribution in [1.82, 2.24) is 9.97 Å². The Kier molecular flexibility index (Phi) is 7.39. The fourth-order valence-corrected chi connectivity index (χ4v) is 3.82. The molecule has 0 saturated heterocycles. The largest absolute Gasteiger partial charge is 0.506 e. The van der Waals surface area contributed by atoms with Crippen LogP contribution in [0.3, 0.4) is 0 Å². The minimum Gasteiger partial charge on any atom is -0.506 e. The summed E-state index contributed by atoms with van der Waals surface area (Å²) < 4.78 is 27.6. The summed E-state index contributed by atoms with van der Waals surface area (Å²) in [5.41, 5.74) is 0.213. The molecule has 0 fully saturated rings. The van der Waals surface area contributed by atoms with Crippen LogP contribution in [0.25, 0.3) is 21.8 Å². The van der Waals surface area contributed by atoms with Crippen molar-refractivity contribution in [1.29, 1.82) is 10.5 Å². The van der Waals surface area contributed by atoms with Crippen molar-refractivity contribution in [2.24, 2.45) is 0 Å². The first-order valence-corrected chi connectivity index (χ1v) is 10.9. The zero-order valence-electron chi connectivity index (χ0n) is 15.2. The van der Waals surface area contributed by atoms with Crippen LogP contribution in [-0.4, -0.2) is 15.1 Å². The predicted molar refractivity (Wildman–Crippen MR) is 125 cm³/mol. The topological polar surface area (TPSA) is 93.6 Å². The summed E-state index contributed by atoms with van der Waals surface area (Å²) in [6.07, 6.45) is 2.34. The van der Waals surface area contributed by atoms with Crippen molar-refractivity contribution >= 4 is 88.5 Å². The molecule has 1 N–H and O–H groups in total. The third kappa shape index (κ3) is 4.32. The number of nitriles is 2. The van der Waals surface area contributed by atoms with Crippen LogP contribution >= 0.6 is 66.7 Å². The van der Waals surface area contributed by atoms with Gasteiger partial charge in [-0.1, -0.05) is 34.8 Å². The van der Waals surface area contributed by atoms with E-state index in [2.05, 4.69) is 41.8 Å². The summed E-state index contributed by atoms with van der Waals surface area (Å²) >= 11 is 23.5. The lowest BCUT2D eigenvalue weighted by Gasteiger charge is -2.05. The van der Waals surface area contributed by atoms with Gasteiger partial charge in [-0.15, -0.1) is 0 Å². The lowest BCUT2D eigenvalue weighted by Crippen LogP contribution is -1.90. The molecule has 0 unspecified atom stereocenters. The first-order chi connectivity index (χ1) is 15.1. The highest BCUT2D eigenvalue weighted by Crippen LogP contribution is 2.36. The molecule has 12 heteroatoms. The Hall–Kier alpha value is -2.27. The number of benzene rings is 2. The number of pyridine rings is 2. The number of aromatic hydroxyl groups is 1. The summed E-state index contributed by atoms with van der Waals surface area (Å²) in [6.45, 7) is 0. The van der Waals surface area contributed by atoms with E-state index < -0.39 is 11.6 Å². The van der Waals surface area contributed by atoms with E-state index in [0.717, 1.165) is 6.20 Å². The Labute approximate surface area is 211 Å². The summed E-state index contributed by atoms with van der Waals surface area (Å²) in [5, 5.41) is 28.0. The molecule has 0 aliphatic carbocycles. The van der Waals surface area contributed by atoms with Crippen LogP contribution in [0.15, 0.2) is 33.5 Å². The minimum atomic E-state index is -0.665. The van der Waals surface area contributed by atoms with E-state index in [1.165, 1.54) is 18.3 Å². The van der Waals surface area contributed by atoms with Gasteiger partial charge < -0.3 is 5.11 Å². The molecule has 160 valence electrons. The maximum Gasteiger partial charge on any atom is 0.165 e. The molecule has 0 aliphatic heterocycles. The van der Waals surface area contributed by atoms with E-state index in [0.29, 0.717) is 5.39 Å². The van der Waals surface area contributed by atoms with Crippen molar-refractivity contribution in [3.8, 4) is 17.9 Å². The third-order valence-electron chi connectivity index (χ3n) is 4.14. The molecule has 0 radical (unpaired) electrons. The molecular formula is C20H5Br2Cl3F2N4O. The van der Waals surface area contributed by atoms with E-state index in [-0.39, 0.29) is 57.3 Å². The maximum absolute atomic E-state index is 13.7. The first kappa shape index (κ1) is 24.4. The molecule has 2 heterocycles. The Balaban J connectivity index is 0.000000181. The monoisotopic (exact) mass is 618 g/mol. The van der Waals surface area contributed by atoms with Crippen LogP contribution in [0.2, 0.25) is 15.1 Å². The van der Waals surface area contributed by atoms with Gasteiger partial charge in [0.2, 0.25) is 0 Å². The van der Waals surface area contributed by atoms with Crippen LogP contribution < -0.4 is 0 Å². The van der Waals surface area contributed by atoms with E-state index in [9.17, 15) is 13.9 Å². The molecule has 5 nitrogen and oxygen atoms in total. The molecule has 0 spiro atoms. The highest BCUT2D eigenvalue weighted by molar-refractivity contribution is 9.10. The van der Waals surface area contributed by atoms with Gasteiger partial charge in [0.1, 0.15) is 34.5 Å². The summed E-state index contributed by atoms with van der Waals surface area (Å²) in [5.74, 6) is -1.57. The average Bonchev–Trinajstić information content (AvgIpc) is 2.78. The van der Waals surface area contributed by atoms with Crippen molar-refractivity contribution in [3.63, 3.8) is 0 Å². The molecule has 4 rings (SSSR count). The van der Waals surface area contributed by atoms with Gasteiger partial charge in [0.05, 0.1) is 29.6 Å². The lowest BCUT2D eigenvalue weighted by atomic mass is 10.1. The molecule has 0 bridgehead atoms. The molecule has 4 aromatic rings. The van der Waals surface area contributed by atoms with Crippen molar-refractivity contribution in [2.45, 2.75) is 0 Å². The summed E-state index contributed by atoms with van der Waals surface area (Å²) in [4.78, 5) is 7.61. The van der Waals surface area contributed by atoms with Gasteiger partial charge in [0.25, 0.3) is 0 Å². The van der Waals surface area contributed by atoms with E-state index in [4.69, 9.17) is 45.3 Å². The van der Waals surface area contributed by atoms with Crippen molar-refractivity contribution < 1.29 is 13.9 Å². The summed E-state index contributed by atoms with van der Waals surface area (Å²) in [6, 6.07) is 6.45. The Morgan fingerprint density at radius 2 is 1.25 bits per heavy atom. The van der Waals surface area contributed by atoms with E-state index in [1.54, 1.807) is 6.07 Å². The second-order valence-corrected chi connectivity index (χ2v) is 8.77. The molecule has 0 aliphatic rings. The van der Waals surface area contributed by atoms with Gasteiger partial charge in [-0.2, -0.15) is 10.5 Å². The highest BCUT2D eigenvalue weighted by atomic mass is 79.9. The van der Waals surface area contributed by atoms with Crippen LogP contribution in [0, 0.1) is 34.3 Å². The SMILES string of the molecule is N#Cc1cnc2c(F)c(Br)c(Cl)cc2c1Cl.N#Cc1cnc2c(F)c(Br)c(Cl)cc2c1O. The molecule has 0 saturated carbocycles. The number of hydrogen-bond donors (Lipinski definition) is 1. The van der Waals surface area contributed by atoms with E-state index >= 15 is 0 Å². The third-order valence-corrected chi connectivity index (χ3v) is 7.15. The van der Waals surface area contributed by atoms with Gasteiger partial charge in [-0.3, -0.25) is 9.97 Å². The fraction of sp³-hybridized carbons (Fsp3) is 0. The number of rotatable bonds is 0. The quantitative estimate of drug-likeness (QED) is 0.203. The van der Waals surface area contributed by atoms with Crippen LogP contribution in [0.1, 0.15) is 11.1 Å². The van der Waals surface area contributed by atoms with Gasteiger partial charge >= 0.3 is 0 Å². The normalized spacial score (nSPS) is 10.4. The highest BCUT2D eigenvalue weighted by Gasteiger charge is 2.16. The van der Waals surface area contributed by atoms with Gasteiger partial charge in [-0.25, -0.2) is 8.78 Å². The second-order valence-electron chi connectivity index (χ2n) is 5.99. The minimum absolute atomic E-state index is 0.0229. The van der Waals surface area contributed by atoms with Gasteiger partial charge in [0.15, 0.2) is 11.6 Å². The van der Waals surface area contributed by atoms with Crippen LogP contribution in [0.4, 0.5) is 8.78 Å². The molecular weight excluding hydrogens is 616 g/mol. The fourth-order valence-electron chi connectivity index (χ4n) is 2.60. The smallest absolute Gasteiger partial charge is 0.165 e. The molecule has 32 heavy (non-hydrogen) atoms. The number of nitrogens with zero attached hydrogens (tertiary/aromatic N) is 4. The summed E-state index contributed by atoms with van der Waals surface area (Å²) in [7, 11) is 0. The zero-order chi connectivity index (χ0) is 23.7. The van der Waals surface area contributed by atoms with Crippen molar-refractivity contribution in [3.05, 3.63) is 71.3 Å². The molecule has 2 aromatic carbocycles. The zero-order valence-corrected chi connectivity index (χ0v) is 20.6. The molecule has 0 amide bonds. The van der Waals surface area contributed by atoms with Crippen LogP contribution in [0.5, 0.6) is 5.75 Å². The number of halogens is 7. The lowest BCUT2D eigenvalue weighted by molar-refractivity contribution is 0.479. The Bertz CT molecular complexity index is 1390. The average molecular weight is 621 g/mol. The molecule has 0 atom stereocenters. The standard InChI is InChI=1S/C10H2BrCl2FN2.C10H3BrClFN2O/c11-7-6(12)1-5-8(13)4(2-15)3-16-10(5)9(7)14;11-7-6(12)1-5-9(8(7)13)15-3-4(2-14)10(5)16/h1,3H;1,3H,(H,15,16). The molecule has 2 aromatic heterocycles.